The van der Waals surface area contributed by atoms with Gasteiger partial charge in [0.05, 0.1) is 0 Å². The van der Waals surface area contributed by atoms with Crippen LogP contribution in [-0.2, 0) is 9.05 Å². The Labute approximate surface area is 137 Å². The molecule has 8 heteroatoms. The quantitative estimate of drug-likeness (QED) is 0.785. The van der Waals surface area contributed by atoms with Crippen LogP contribution < -0.4 is 5.32 Å². The molecule has 1 fully saturated rings. The SMILES string of the molecule is CC(NC(=O)c1cc(S(=O)(=O)Cl)c(Br)o1)C1CCCCC1. The number of hydrogen-bond acceptors (Lipinski definition) is 4. The van der Waals surface area contributed by atoms with Crippen LogP contribution in [0, 0.1) is 5.92 Å². The van der Waals surface area contributed by atoms with Crippen molar-refractivity contribution in [3.05, 3.63) is 16.5 Å². The maximum absolute atomic E-state index is 12.1. The first kappa shape index (κ1) is 16.8. The molecule has 5 nitrogen and oxygen atoms in total. The minimum absolute atomic E-state index is 0.0257. The molecule has 1 N–H and O–H groups in total. The van der Waals surface area contributed by atoms with E-state index in [0.717, 1.165) is 18.9 Å². The van der Waals surface area contributed by atoms with Crippen molar-refractivity contribution < 1.29 is 17.6 Å². The average molecular weight is 399 g/mol. The monoisotopic (exact) mass is 397 g/mol. The number of nitrogens with one attached hydrogen (secondary N) is 1. The smallest absolute Gasteiger partial charge is 0.287 e. The van der Waals surface area contributed by atoms with E-state index in [1.807, 2.05) is 6.92 Å². The number of carbonyl (C=O) groups excluding carboxylic acids is 1. The fourth-order valence-electron chi connectivity index (χ4n) is 2.66. The maximum Gasteiger partial charge on any atom is 0.287 e. The highest BCUT2D eigenvalue weighted by Crippen LogP contribution is 2.29. The van der Waals surface area contributed by atoms with Crippen molar-refractivity contribution in [2.24, 2.45) is 5.92 Å². The fraction of sp³-hybridized carbons (Fsp3) is 0.615. The molecule has 0 radical (unpaired) electrons. The molecule has 1 heterocycles. The van der Waals surface area contributed by atoms with Crippen LogP contribution in [0.25, 0.3) is 0 Å². The molecule has 118 valence electrons. The first-order valence-corrected chi connectivity index (χ1v) is 9.94. The number of halogens is 2. The largest absolute Gasteiger partial charge is 0.443 e. The van der Waals surface area contributed by atoms with Crippen LogP contribution in [0.15, 0.2) is 20.0 Å². The predicted molar refractivity (Wildman–Crippen MR) is 83.0 cm³/mol. The van der Waals surface area contributed by atoms with Crippen molar-refractivity contribution in [1.29, 1.82) is 0 Å². The van der Waals surface area contributed by atoms with Gasteiger partial charge in [0.25, 0.3) is 15.0 Å². The van der Waals surface area contributed by atoms with E-state index in [2.05, 4.69) is 21.2 Å². The summed E-state index contributed by atoms with van der Waals surface area (Å²) >= 11 is 2.95. The molecule has 1 amide bonds. The molecule has 1 unspecified atom stereocenters. The van der Waals surface area contributed by atoms with E-state index in [1.165, 1.54) is 19.3 Å². The molecule has 1 atom stereocenters. The second kappa shape index (κ2) is 6.71. The van der Waals surface area contributed by atoms with Crippen molar-refractivity contribution in [3.8, 4) is 0 Å². The average Bonchev–Trinajstić information content (AvgIpc) is 2.82. The van der Waals surface area contributed by atoms with E-state index in [9.17, 15) is 13.2 Å². The third-order valence-electron chi connectivity index (χ3n) is 3.86. The van der Waals surface area contributed by atoms with Crippen LogP contribution in [-0.4, -0.2) is 20.4 Å². The second-order valence-corrected chi connectivity index (χ2v) is 8.60. The van der Waals surface area contributed by atoms with Crippen LogP contribution in [0.5, 0.6) is 0 Å². The van der Waals surface area contributed by atoms with Gasteiger partial charge in [-0.2, -0.15) is 0 Å². The summed E-state index contributed by atoms with van der Waals surface area (Å²) < 4.78 is 27.7. The Morgan fingerprint density at radius 1 is 1.43 bits per heavy atom. The lowest BCUT2D eigenvalue weighted by molar-refractivity contribution is 0.0890. The van der Waals surface area contributed by atoms with Gasteiger partial charge in [-0.25, -0.2) is 8.42 Å². The van der Waals surface area contributed by atoms with Gasteiger partial charge in [0, 0.05) is 22.8 Å². The van der Waals surface area contributed by atoms with E-state index in [-0.39, 0.29) is 21.4 Å². The van der Waals surface area contributed by atoms with Crippen LogP contribution in [0.1, 0.15) is 49.6 Å². The van der Waals surface area contributed by atoms with Crippen molar-refractivity contribution >= 4 is 41.6 Å². The first-order valence-electron chi connectivity index (χ1n) is 6.84. The molecule has 1 aromatic heterocycles. The number of rotatable bonds is 4. The Balaban J connectivity index is 2.06. The number of amides is 1. The summed E-state index contributed by atoms with van der Waals surface area (Å²) in [4.78, 5) is 11.9. The molecule has 1 aliphatic rings. The minimum atomic E-state index is -3.94. The van der Waals surface area contributed by atoms with Gasteiger partial charge in [-0.1, -0.05) is 19.3 Å². The predicted octanol–water partition coefficient (Wildman–Crippen LogP) is 3.67. The molecule has 0 saturated heterocycles. The zero-order chi connectivity index (χ0) is 15.6. The topological polar surface area (TPSA) is 76.4 Å². The van der Waals surface area contributed by atoms with Gasteiger partial charge in [0.15, 0.2) is 10.4 Å². The Morgan fingerprint density at radius 2 is 2.05 bits per heavy atom. The normalized spacial score (nSPS) is 18.4. The van der Waals surface area contributed by atoms with Gasteiger partial charge in [0.1, 0.15) is 4.90 Å². The fourth-order valence-corrected chi connectivity index (χ4v) is 4.69. The highest BCUT2D eigenvalue weighted by molar-refractivity contribution is 9.10. The van der Waals surface area contributed by atoms with Crippen LogP contribution in [0.4, 0.5) is 0 Å². The molecule has 0 aromatic carbocycles. The van der Waals surface area contributed by atoms with Crippen LogP contribution in [0.2, 0.25) is 0 Å². The maximum atomic E-state index is 12.1. The highest BCUT2D eigenvalue weighted by atomic mass is 79.9. The molecule has 0 aliphatic heterocycles. The number of hydrogen-bond donors (Lipinski definition) is 1. The molecule has 21 heavy (non-hydrogen) atoms. The van der Waals surface area contributed by atoms with Gasteiger partial charge >= 0.3 is 0 Å². The minimum Gasteiger partial charge on any atom is -0.443 e. The van der Waals surface area contributed by atoms with Gasteiger partial charge in [0.2, 0.25) is 0 Å². The summed E-state index contributed by atoms with van der Waals surface area (Å²) in [6.45, 7) is 1.96. The molecular weight excluding hydrogens is 382 g/mol. The summed E-state index contributed by atoms with van der Waals surface area (Å²) in [5.41, 5.74) is 0. The van der Waals surface area contributed by atoms with Gasteiger partial charge < -0.3 is 9.73 Å². The first-order chi connectivity index (χ1) is 9.79. The lowest BCUT2D eigenvalue weighted by Gasteiger charge is -2.27. The van der Waals surface area contributed by atoms with E-state index >= 15 is 0 Å². The summed E-state index contributed by atoms with van der Waals surface area (Å²) in [6.07, 6.45) is 5.83. The second-order valence-electron chi connectivity index (χ2n) is 5.35. The van der Waals surface area contributed by atoms with Crippen molar-refractivity contribution in [3.63, 3.8) is 0 Å². The molecular formula is C13H17BrClNO4S. The molecule has 0 spiro atoms. The van der Waals surface area contributed by atoms with E-state index in [1.54, 1.807) is 0 Å². The van der Waals surface area contributed by atoms with E-state index in [4.69, 9.17) is 15.1 Å². The van der Waals surface area contributed by atoms with Gasteiger partial charge in [-0.15, -0.1) is 0 Å². The Bertz CT molecular complexity index is 622. The standard InChI is InChI=1S/C13H17BrClNO4S/c1-8(9-5-3-2-4-6-9)16-13(17)10-7-11(12(14)20-10)21(15,18)19/h7-9H,2-6H2,1H3,(H,16,17). The zero-order valence-corrected chi connectivity index (χ0v) is 14.7. The molecule has 2 rings (SSSR count). The highest BCUT2D eigenvalue weighted by Gasteiger charge is 2.26. The third-order valence-corrected chi connectivity index (χ3v) is 6.04. The van der Waals surface area contributed by atoms with Gasteiger partial charge in [-0.05, 0) is 41.6 Å². The Hall–Kier alpha value is -0.530. The zero-order valence-electron chi connectivity index (χ0n) is 11.6. The summed E-state index contributed by atoms with van der Waals surface area (Å²) in [6, 6.07) is 1.16. The van der Waals surface area contributed by atoms with E-state index in [0.29, 0.717) is 5.92 Å². The molecule has 0 bridgehead atoms. The van der Waals surface area contributed by atoms with Gasteiger partial charge in [-0.3, -0.25) is 4.79 Å². The lowest BCUT2D eigenvalue weighted by atomic mass is 9.84. The Morgan fingerprint density at radius 3 is 2.57 bits per heavy atom. The molecule has 1 saturated carbocycles. The summed E-state index contributed by atoms with van der Waals surface area (Å²) in [5, 5.41) is 2.87. The third kappa shape index (κ3) is 4.23. The summed E-state index contributed by atoms with van der Waals surface area (Å²) in [5.74, 6) is -0.0403. The van der Waals surface area contributed by atoms with E-state index < -0.39 is 15.0 Å². The Kier molecular flexibility index (Phi) is 5.38. The lowest BCUT2D eigenvalue weighted by Crippen LogP contribution is -2.38. The van der Waals surface area contributed by atoms with Crippen LogP contribution >= 0.6 is 26.6 Å². The van der Waals surface area contributed by atoms with Crippen molar-refractivity contribution in [1.82, 2.24) is 5.32 Å². The number of furan rings is 1. The summed E-state index contributed by atoms with van der Waals surface area (Å²) in [7, 11) is 1.32. The van der Waals surface area contributed by atoms with Crippen molar-refractivity contribution in [2.75, 3.05) is 0 Å². The molecule has 1 aromatic rings. The van der Waals surface area contributed by atoms with Crippen LogP contribution in [0.3, 0.4) is 0 Å². The number of carbonyl (C=O) groups is 1. The molecule has 1 aliphatic carbocycles. The van der Waals surface area contributed by atoms with Crippen molar-refractivity contribution in [2.45, 2.75) is 50.0 Å².